The molecule has 4 nitrogen and oxygen atoms in total. The first-order valence-corrected chi connectivity index (χ1v) is 25.8. The van der Waals surface area contributed by atoms with E-state index in [0.29, 0.717) is 12.8 Å². The zero-order valence-electron chi connectivity index (χ0n) is 39.1. The van der Waals surface area contributed by atoms with Crippen LogP contribution < -0.4 is 5.32 Å². The van der Waals surface area contributed by atoms with Crippen molar-refractivity contribution in [1.29, 1.82) is 0 Å². The summed E-state index contributed by atoms with van der Waals surface area (Å²) in [5, 5.41) is 23.0. The van der Waals surface area contributed by atoms with Gasteiger partial charge in [0.15, 0.2) is 0 Å². The summed E-state index contributed by atoms with van der Waals surface area (Å²) < 4.78 is 0. The first kappa shape index (κ1) is 56.4. The van der Waals surface area contributed by atoms with Crippen LogP contribution in [0.2, 0.25) is 0 Å². The zero-order chi connectivity index (χ0) is 42.1. The van der Waals surface area contributed by atoms with E-state index in [1.807, 2.05) is 0 Å². The Hall–Kier alpha value is -1.65. The van der Waals surface area contributed by atoms with E-state index in [4.69, 9.17) is 0 Å². The fraction of sp³-hybridized carbons (Fsp3) is 0.833. The molecule has 0 spiro atoms. The highest BCUT2D eigenvalue weighted by Gasteiger charge is 2.20. The molecule has 2 atom stereocenters. The van der Waals surface area contributed by atoms with Crippen LogP contribution in [0.5, 0.6) is 0 Å². The Kier molecular flexibility index (Phi) is 48.3. The minimum atomic E-state index is -0.654. The maximum absolute atomic E-state index is 12.3. The predicted octanol–water partition coefficient (Wildman–Crippen LogP) is 16.7. The molecule has 0 fully saturated rings. The van der Waals surface area contributed by atoms with Crippen LogP contribution in [-0.2, 0) is 4.79 Å². The number of carbonyl (C=O) groups is 1. The Morgan fingerprint density at radius 1 is 0.431 bits per heavy atom. The predicted molar refractivity (Wildman–Crippen MR) is 258 cm³/mol. The molecule has 58 heavy (non-hydrogen) atoms. The molecule has 3 N–H and O–H groups in total. The van der Waals surface area contributed by atoms with Gasteiger partial charge in [-0.1, -0.05) is 262 Å². The van der Waals surface area contributed by atoms with Crippen LogP contribution in [0.3, 0.4) is 0 Å². The quantitative estimate of drug-likeness (QED) is 0.0423. The van der Waals surface area contributed by atoms with Crippen molar-refractivity contribution in [3.8, 4) is 0 Å². The van der Waals surface area contributed by atoms with Crippen LogP contribution in [-0.4, -0.2) is 34.9 Å². The Labute approximate surface area is 363 Å². The van der Waals surface area contributed by atoms with Crippen LogP contribution >= 0.6 is 0 Å². The number of hydrogen-bond donors (Lipinski definition) is 3. The molecular formula is C54H101NO3. The summed E-state index contributed by atoms with van der Waals surface area (Å²) in [6, 6.07) is -0.531. The summed E-state index contributed by atoms with van der Waals surface area (Å²) >= 11 is 0. The number of hydrogen-bond acceptors (Lipinski definition) is 3. The third-order valence-electron chi connectivity index (χ3n) is 11.9. The van der Waals surface area contributed by atoms with Crippen molar-refractivity contribution >= 4 is 5.91 Å². The van der Waals surface area contributed by atoms with Crippen molar-refractivity contribution < 1.29 is 15.0 Å². The van der Waals surface area contributed by atoms with Gasteiger partial charge in [0, 0.05) is 6.42 Å². The fourth-order valence-corrected chi connectivity index (χ4v) is 7.94. The number of aliphatic hydroxyl groups excluding tert-OH is 2. The first-order chi connectivity index (χ1) is 28.7. The van der Waals surface area contributed by atoms with Gasteiger partial charge in [0.25, 0.3) is 0 Å². The minimum absolute atomic E-state index is 0.0319. The molecule has 2 unspecified atom stereocenters. The normalized spacial score (nSPS) is 13.2. The maximum Gasteiger partial charge on any atom is 0.220 e. The fourth-order valence-electron chi connectivity index (χ4n) is 7.94. The Morgan fingerprint density at radius 2 is 0.759 bits per heavy atom. The van der Waals surface area contributed by atoms with Crippen molar-refractivity contribution in [1.82, 2.24) is 5.32 Å². The SMILES string of the molecule is CC/C=C\C/C=C\C/C=C\C/C=C\CCCCCCCCCCCCCCCCCCCCCCCCCCCCC(=O)NC(CO)C(O)CCCCCCCCC. The van der Waals surface area contributed by atoms with E-state index in [1.165, 1.54) is 193 Å². The van der Waals surface area contributed by atoms with Gasteiger partial charge in [-0.05, 0) is 51.4 Å². The van der Waals surface area contributed by atoms with E-state index in [0.717, 1.165) is 51.4 Å². The Balaban J connectivity index is 3.32. The van der Waals surface area contributed by atoms with Gasteiger partial charge in [-0.3, -0.25) is 4.79 Å². The van der Waals surface area contributed by atoms with E-state index < -0.39 is 12.1 Å². The molecule has 340 valence electrons. The summed E-state index contributed by atoms with van der Waals surface area (Å²) in [4.78, 5) is 12.3. The molecule has 0 bridgehead atoms. The molecule has 0 aromatic carbocycles. The molecule has 0 aliphatic heterocycles. The van der Waals surface area contributed by atoms with Crippen LogP contribution in [0.25, 0.3) is 0 Å². The second-order valence-corrected chi connectivity index (χ2v) is 17.6. The average molecular weight is 812 g/mol. The van der Waals surface area contributed by atoms with Crippen LogP contribution in [0.1, 0.15) is 271 Å². The number of rotatable bonds is 47. The van der Waals surface area contributed by atoms with Crippen molar-refractivity contribution in [3.63, 3.8) is 0 Å². The van der Waals surface area contributed by atoms with Crippen LogP contribution in [0.4, 0.5) is 0 Å². The van der Waals surface area contributed by atoms with Gasteiger partial charge >= 0.3 is 0 Å². The number of carbonyl (C=O) groups excluding carboxylic acids is 1. The minimum Gasteiger partial charge on any atom is -0.394 e. The average Bonchev–Trinajstić information content (AvgIpc) is 3.23. The smallest absolute Gasteiger partial charge is 0.220 e. The van der Waals surface area contributed by atoms with Gasteiger partial charge in [0.1, 0.15) is 0 Å². The van der Waals surface area contributed by atoms with Gasteiger partial charge in [0.2, 0.25) is 5.91 Å². The molecular weight excluding hydrogens is 711 g/mol. The summed E-state index contributed by atoms with van der Waals surface area (Å²) in [6.45, 7) is 4.21. The molecule has 0 aliphatic carbocycles. The summed E-state index contributed by atoms with van der Waals surface area (Å²) in [7, 11) is 0. The number of allylic oxidation sites excluding steroid dienone is 8. The number of nitrogens with one attached hydrogen (secondary N) is 1. The lowest BCUT2D eigenvalue weighted by atomic mass is 10.0. The van der Waals surface area contributed by atoms with Crippen molar-refractivity contribution in [2.75, 3.05) is 6.61 Å². The second kappa shape index (κ2) is 49.7. The molecule has 0 radical (unpaired) electrons. The molecule has 0 aromatic heterocycles. The van der Waals surface area contributed by atoms with E-state index in [-0.39, 0.29) is 12.5 Å². The molecule has 1 amide bonds. The number of unbranched alkanes of at least 4 members (excludes halogenated alkanes) is 32. The second-order valence-electron chi connectivity index (χ2n) is 17.6. The molecule has 0 rings (SSSR count). The van der Waals surface area contributed by atoms with E-state index in [2.05, 4.69) is 67.8 Å². The lowest BCUT2D eigenvalue weighted by Gasteiger charge is -2.22. The van der Waals surface area contributed by atoms with Crippen molar-refractivity contribution in [2.24, 2.45) is 0 Å². The summed E-state index contributed by atoms with van der Waals surface area (Å²) in [5.41, 5.74) is 0. The third-order valence-corrected chi connectivity index (χ3v) is 11.9. The van der Waals surface area contributed by atoms with Crippen molar-refractivity contribution in [2.45, 2.75) is 283 Å². The van der Waals surface area contributed by atoms with Crippen LogP contribution in [0, 0.1) is 0 Å². The summed E-state index contributed by atoms with van der Waals surface area (Å²) in [5.74, 6) is -0.0319. The topological polar surface area (TPSA) is 69.6 Å². The third kappa shape index (κ3) is 45.4. The summed E-state index contributed by atoms with van der Waals surface area (Å²) in [6.07, 6.45) is 68.4. The number of amides is 1. The molecule has 0 saturated heterocycles. The zero-order valence-corrected chi connectivity index (χ0v) is 39.1. The van der Waals surface area contributed by atoms with E-state index in [9.17, 15) is 15.0 Å². The number of aliphatic hydroxyl groups is 2. The molecule has 0 saturated carbocycles. The lowest BCUT2D eigenvalue weighted by molar-refractivity contribution is -0.123. The largest absolute Gasteiger partial charge is 0.394 e. The monoisotopic (exact) mass is 812 g/mol. The van der Waals surface area contributed by atoms with Crippen LogP contribution in [0.15, 0.2) is 48.6 Å². The molecule has 0 aliphatic rings. The highest BCUT2D eigenvalue weighted by atomic mass is 16.3. The van der Waals surface area contributed by atoms with Crippen molar-refractivity contribution in [3.05, 3.63) is 48.6 Å². The van der Waals surface area contributed by atoms with E-state index >= 15 is 0 Å². The first-order valence-electron chi connectivity index (χ1n) is 25.8. The highest BCUT2D eigenvalue weighted by Crippen LogP contribution is 2.17. The van der Waals surface area contributed by atoms with Gasteiger partial charge < -0.3 is 15.5 Å². The Bertz CT molecular complexity index is 923. The molecule has 0 aromatic rings. The maximum atomic E-state index is 12.3. The highest BCUT2D eigenvalue weighted by molar-refractivity contribution is 5.76. The van der Waals surface area contributed by atoms with Gasteiger partial charge in [-0.25, -0.2) is 0 Å². The molecule has 0 heterocycles. The Morgan fingerprint density at radius 3 is 1.14 bits per heavy atom. The van der Waals surface area contributed by atoms with Gasteiger partial charge in [-0.15, -0.1) is 0 Å². The van der Waals surface area contributed by atoms with Gasteiger partial charge in [-0.2, -0.15) is 0 Å². The van der Waals surface area contributed by atoms with E-state index in [1.54, 1.807) is 0 Å². The van der Waals surface area contributed by atoms with Gasteiger partial charge in [0.05, 0.1) is 18.8 Å². The lowest BCUT2D eigenvalue weighted by Crippen LogP contribution is -2.45. The molecule has 4 heteroatoms. The standard InChI is InChI=1S/C54H101NO3/c1-3-5-7-9-11-12-13-14-15-16-17-18-19-20-21-22-23-24-25-26-27-28-29-30-31-32-33-34-35-36-37-38-39-40-41-42-44-46-48-50-54(58)55-52(51-56)53(57)49-47-45-43-10-8-6-4-2/h5,7,11-12,14-15,17-18,52-53,56-57H,3-4,6,8-10,13,16,19-51H2,1-2H3,(H,55,58)/b7-5-,12-11-,15-14-,18-17-.